The van der Waals surface area contributed by atoms with Gasteiger partial charge in [0.1, 0.15) is 6.04 Å². The molecule has 0 saturated carbocycles. The van der Waals surface area contributed by atoms with Crippen molar-refractivity contribution in [1.82, 2.24) is 4.90 Å². The number of carbonyl (C=O) groups is 1. The highest BCUT2D eigenvalue weighted by molar-refractivity contribution is 7.98. The standard InChI is InChI=1S/C10H19NO2S/c1-14-8-4-5-9(10(12)13)11-6-2-3-7-11/h9H,2-8H2,1H3,(H,12,13). The monoisotopic (exact) mass is 217 g/mol. The maximum Gasteiger partial charge on any atom is 0.320 e. The molecule has 0 aromatic rings. The molecular weight excluding hydrogens is 198 g/mol. The minimum atomic E-state index is -0.645. The first kappa shape index (κ1) is 11.9. The maximum absolute atomic E-state index is 11.0. The SMILES string of the molecule is CSCCCC(C(=O)O)N1CCCC1. The van der Waals surface area contributed by atoms with Crippen molar-refractivity contribution in [2.75, 3.05) is 25.1 Å². The van der Waals surface area contributed by atoms with Crippen LogP contribution in [-0.2, 0) is 4.79 Å². The molecule has 1 heterocycles. The number of rotatable bonds is 6. The van der Waals surface area contributed by atoms with Gasteiger partial charge in [-0.3, -0.25) is 9.69 Å². The lowest BCUT2D eigenvalue weighted by molar-refractivity contribution is -0.143. The van der Waals surface area contributed by atoms with Gasteiger partial charge in [-0.25, -0.2) is 0 Å². The van der Waals surface area contributed by atoms with Gasteiger partial charge in [-0.05, 0) is 50.8 Å². The van der Waals surface area contributed by atoms with E-state index in [-0.39, 0.29) is 6.04 Å². The van der Waals surface area contributed by atoms with Crippen LogP contribution in [0.5, 0.6) is 0 Å². The van der Waals surface area contributed by atoms with Gasteiger partial charge < -0.3 is 5.11 Å². The van der Waals surface area contributed by atoms with Gasteiger partial charge in [-0.1, -0.05) is 0 Å². The van der Waals surface area contributed by atoms with Crippen LogP contribution in [0.15, 0.2) is 0 Å². The fourth-order valence-corrected chi connectivity index (χ4v) is 2.39. The summed E-state index contributed by atoms with van der Waals surface area (Å²) in [6.07, 6.45) is 6.19. The van der Waals surface area contributed by atoms with Crippen LogP contribution in [0.4, 0.5) is 0 Å². The smallest absolute Gasteiger partial charge is 0.320 e. The number of carboxylic acid groups (broad SMARTS) is 1. The van der Waals surface area contributed by atoms with E-state index in [1.54, 1.807) is 11.8 Å². The summed E-state index contributed by atoms with van der Waals surface area (Å²) in [5.41, 5.74) is 0. The van der Waals surface area contributed by atoms with Gasteiger partial charge in [0.2, 0.25) is 0 Å². The van der Waals surface area contributed by atoms with E-state index in [1.165, 1.54) is 0 Å². The second kappa shape index (κ2) is 6.30. The second-order valence-electron chi connectivity index (χ2n) is 3.73. The third-order valence-electron chi connectivity index (χ3n) is 2.69. The Balaban J connectivity index is 2.34. The van der Waals surface area contributed by atoms with E-state index >= 15 is 0 Å². The predicted molar refractivity (Wildman–Crippen MR) is 59.8 cm³/mol. The number of aliphatic carboxylic acids is 1. The van der Waals surface area contributed by atoms with Crippen molar-refractivity contribution in [2.45, 2.75) is 31.7 Å². The first-order valence-corrected chi connectivity index (χ1v) is 6.61. The third kappa shape index (κ3) is 3.50. The van der Waals surface area contributed by atoms with Crippen LogP contribution in [0.25, 0.3) is 0 Å². The summed E-state index contributed by atoms with van der Waals surface area (Å²) in [7, 11) is 0. The molecule has 0 amide bonds. The van der Waals surface area contributed by atoms with E-state index in [1.807, 2.05) is 0 Å². The topological polar surface area (TPSA) is 40.5 Å². The number of nitrogens with zero attached hydrogens (tertiary/aromatic N) is 1. The molecule has 1 saturated heterocycles. The summed E-state index contributed by atoms with van der Waals surface area (Å²) in [5.74, 6) is 0.422. The Kier molecular flexibility index (Phi) is 5.33. The molecule has 1 rings (SSSR count). The predicted octanol–water partition coefficient (Wildman–Crippen LogP) is 1.68. The average molecular weight is 217 g/mol. The van der Waals surface area contributed by atoms with Crippen molar-refractivity contribution in [3.05, 3.63) is 0 Å². The molecule has 1 atom stereocenters. The van der Waals surface area contributed by atoms with Crippen LogP contribution >= 0.6 is 11.8 Å². The number of carboxylic acids is 1. The van der Waals surface area contributed by atoms with Crippen molar-refractivity contribution in [1.29, 1.82) is 0 Å². The minimum absolute atomic E-state index is 0.232. The summed E-state index contributed by atoms with van der Waals surface area (Å²) < 4.78 is 0. The van der Waals surface area contributed by atoms with E-state index in [4.69, 9.17) is 5.11 Å². The highest BCUT2D eigenvalue weighted by Gasteiger charge is 2.26. The minimum Gasteiger partial charge on any atom is -0.480 e. The lowest BCUT2D eigenvalue weighted by Crippen LogP contribution is -2.39. The zero-order valence-electron chi connectivity index (χ0n) is 8.74. The van der Waals surface area contributed by atoms with Crippen LogP contribution in [0.2, 0.25) is 0 Å². The van der Waals surface area contributed by atoms with Crippen molar-refractivity contribution >= 4 is 17.7 Å². The Bertz CT molecular complexity index is 181. The first-order chi connectivity index (χ1) is 6.75. The Labute approximate surface area is 89.9 Å². The molecular formula is C10H19NO2S. The Morgan fingerprint density at radius 1 is 1.50 bits per heavy atom. The van der Waals surface area contributed by atoms with Crippen LogP contribution < -0.4 is 0 Å². The summed E-state index contributed by atoms with van der Waals surface area (Å²) in [5, 5.41) is 9.08. The number of hydrogen-bond donors (Lipinski definition) is 1. The van der Waals surface area contributed by atoms with Crippen LogP contribution in [0.3, 0.4) is 0 Å². The molecule has 1 aliphatic rings. The molecule has 0 bridgehead atoms. The van der Waals surface area contributed by atoms with Gasteiger partial charge in [0.25, 0.3) is 0 Å². The van der Waals surface area contributed by atoms with Crippen LogP contribution in [-0.4, -0.2) is 47.1 Å². The highest BCUT2D eigenvalue weighted by atomic mass is 32.2. The van der Waals surface area contributed by atoms with Crippen molar-refractivity contribution in [3.8, 4) is 0 Å². The molecule has 3 nitrogen and oxygen atoms in total. The zero-order valence-corrected chi connectivity index (χ0v) is 9.55. The van der Waals surface area contributed by atoms with E-state index in [9.17, 15) is 4.79 Å². The van der Waals surface area contributed by atoms with Gasteiger partial charge >= 0.3 is 5.97 Å². The van der Waals surface area contributed by atoms with Gasteiger partial charge in [-0.2, -0.15) is 11.8 Å². The Morgan fingerprint density at radius 2 is 2.14 bits per heavy atom. The molecule has 1 unspecified atom stereocenters. The molecule has 14 heavy (non-hydrogen) atoms. The number of thioether (sulfide) groups is 1. The molecule has 0 radical (unpaired) electrons. The normalized spacial score (nSPS) is 19.8. The first-order valence-electron chi connectivity index (χ1n) is 5.21. The molecule has 1 fully saturated rings. The van der Waals surface area contributed by atoms with Crippen molar-refractivity contribution < 1.29 is 9.90 Å². The maximum atomic E-state index is 11.0. The lowest BCUT2D eigenvalue weighted by Gasteiger charge is -2.23. The third-order valence-corrected chi connectivity index (χ3v) is 3.39. The Morgan fingerprint density at radius 3 is 2.64 bits per heavy atom. The van der Waals surface area contributed by atoms with E-state index in [0.717, 1.165) is 44.5 Å². The lowest BCUT2D eigenvalue weighted by atomic mass is 10.1. The van der Waals surface area contributed by atoms with E-state index < -0.39 is 5.97 Å². The number of likely N-dealkylation sites (tertiary alicyclic amines) is 1. The van der Waals surface area contributed by atoms with Gasteiger partial charge in [-0.15, -0.1) is 0 Å². The van der Waals surface area contributed by atoms with Gasteiger partial charge in [0.15, 0.2) is 0 Å². The fraction of sp³-hybridized carbons (Fsp3) is 0.900. The molecule has 0 aliphatic carbocycles. The summed E-state index contributed by atoms with van der Waals surface area (Å²) in [6, 6.07) is -0.232. The molecule has 1 aliphatic heterocycles. The zero-order chi connectivity index (χ0) is 10.4. The highest BCUT2D eigenvalue weighted by Crippen LogP contribution is 2.16. The van der Waals surface area contributed by atoms with E-state index in [2.05, 4.69) is 11.2 Å². The van der Waals surface area contributed by atoms with Gasteiger partial charge in [0, 0.05) is 0 Å². The quantitative estimate of drug-likeness (QED) is 0.687. The Hall–Kier alpha value is -0.220. The molecule has 82 valence electrons. The van der Waals surface area contributed by atoms with Crippen LogP contribution in [0.1, 0.15) is 25.7 Å². The second-order valence-corrected chi connectivity index (χ2v) is 4.72. The van der Waals surface area contributed by atoms with Gasteiger partial charge in [0.05, 0.1) is 0 Å². The summed E-state index contributed by atoms with van der Waals surface area (Å²) in [6.45, 7) is 1.94. The van der Waals surface area contributed by atoms with Crippen molar-refractivity contribution in [2.24, 2.45) is 0 Å². The largest absolute Gasteiger partial charge is 0.480 e. The van der Waals surface area contributed by atoms with Crippen molar-refractivity contribution in [3.63, 3.8) is 0 Å². The molecule has 0 spiro atoms. The van der Waals surface area contributed by atoms with E-state index in [0.29, 0.717) is 0 Å². The molecule has 0 aromatic heterocycles. The summed E-state index contributed by atoms with van der Waals surface area (Å²) >= 11 is 1.79. The average Bonchev–Trinajstić information content (AvgIpc) is 2.64. The molecule has 4 heteroatoms. The molecule has 0 aromatic carbocycles. The summed E-state index contributed by atoms with van der Waals surface area (Å²) in [4.78, 5) is 13.1. The molecule has 1 N–H and O–H groups in total. The fourth-order valence-electron chi connectivity index (χ4n) is 1.94. The van der Waals surface area contributed by atoms with Crippen LogP contribution in [0, 0.1) is 0 Å². The number of hydrogen-bond acceptors (Lipinski definition) is 3.